The van der Waals surface area contributed by atoms with Crippen LogP contribution >= 0.6 is 0 Å². The fourth-order valence-corrected chi connectivity index (χ4v) is 4.39. The fraction of sp³-hybridized carbons (Fsp3) is 0.333. The van der Waals surface area contributed by atoms with Crippen molar-refractivity contribution in [3.05, 3.63) is 107 Å². The molecular weight excluding hydrogens is 438 g/mol. The molecule has 1 N–H and O–H groups in total. The molecule has 0 amide bonds. The van der Waals surface area contributed by atoms with E-state index >= 15 is 0 Å². The van der Waals surface area contributed by atoms with E-state index in [1.807, 2.05) is 36.4 Å². The first-order valence-corrected chi connectivity index (χ1v) is 13.6. The molecule has 0 fully saturated rings. The number of sulfonamides is 1. The fourth-order valence-electron chi connectivity index (χ4n) is 3.38. The van der Waals surface area contributed by atoms with Gasteiger partial charge in [-0.1, -0.05) is 107 Å². The smallest absolute Gasteiger partial charge is 0.207 e. The van der Waals surface area contributed by atoms with Crippen LogP contribution in [-0.2, 0) is 16.6 Å². The molecule has 182 valence electrons. The Morgan fingerprint density at radius 3 is 1.71 bits per heavy atom. The van der Waals surface area contributed by atoms with E-state index in [1.54, 1.807) is 18.2 Å². The SMILES string of the molecule is C=Cc1ccc(CNS(=O)(=O)c2ccc(C(C)CC)cc2)cc1.CCC(C)c1ccc(C)cc1. The highest BCUT2D eigenvalue weighted by molar-refractivity contribution is 7.89. The number of rotatable bonds is 9. The number of hydrogen-bond donors (Lipinski definition) is 1. The molecule has 2 unspecified atom stereocenters. The highest BCUT2D eigenvalue weighted by Gasteiger charge is 2.14. The molecule has 2 atom stereocenters. The minimum Gasteiger partial charge on any atom is -0.207 e. The minimum atomic E-state index is -3.49. The monoisotopic (exact) mass is 477 g/mol. The van der Waals surface area contributed by atoms with Crippen molar-refractivity contribution < 1.29 is 8.42 Å². The molecule has 0 bridgehead atoms. The van der Waals surface area contributed by atoms with E-state index < -0.39 is 10.0 Å². The summed E-state index contributed by atoms with van der Waals surface area (Å²) >= 11 is 0. The van der Waals surface area contributed by atoms with Crippen LogP contribution in [-0.4, -0.2) is 8.42 Å². The third-order valence-electron chi connectivity index (χ3n) is 6.31. The molecular formula is C30H39NO2S. The zero-order valence-electron chi connectivity index (χ0n) is 21.2. The molecule has 0 aromatic heterocycles. The van der Waals surface area contributed by atoms with E-state index in [9.17, 15) is 8.42 Å². The van der Waals surface area contributed by atoms with Crippen LogP contribution in [0, 0.1) is 6.92 Å². The second-order valence-corrected chi connectivity index (χ2v) is 10.6. The molecule has 0 aliphatic rings. The summed E-state index contributed by atoms with van der Waals surface area (Å²) in [5.74, 6) is 1.14. The van der Waals surface area contributed by atoms with Crippen molar-refractivity contribution in [3.63, 3.8) is 0 Å². The molecule has 0 saturated heterocycles. The molecule has 4 heteroatoms. The third-order valence-corrected chi connectivity index (χ3v) is 7.73. The quantitative estimate of drug-likeness (QED) is 0.341. The lowest BCUT2D eigenvalue weighted by Crippen LogP contribution is -2.23. The molecule has 0 saturated carbocycles. The van der Waals surface area contributed by atoms with Crippen LogP contribution in [0.25, 0.3) is 6.08 Å². The molecule has 3 rings (SSSR count). The van der Waals surface area contributed by atoms with E-state index in [0.717, 1.165) is 23.1 Å². The maximum Gasteiger partial charge on any atom is 0.240 e. The molecule has 0 aliphatic heterocycles. The zero-order chi connectivity index (χ0) is 25.1. The van der Waals surface area contributed by atoms with Crippen molar-refractivity contribution in [1.82, 2.24) is 4.72 Å². The third kappa shape index (κ3) is 8.27. The second kappa shape index (κ2) is 13.3. The first-order valence-electron chi connectivity index (χ1n) is 12.1. The van der Waals surface area contributed by atoms with Crippen molar-refractivity contribution in [1.29, 1.82) is 0 Å². The van der Waals surface area contributed by atoms with E-state index in [4.69, 9.17) is 0 Å². The Bertz CT molecular complexity index is 1120. The first-order chi connectivity index (χ1) is 16.2. The summed E-state index contributed by atoms with van der Waals surface area (Å²) < 4.78 is 27.3. The van der Waals surface area contributed by atoms with Gasteiger partial charge in [0, 0.05) is 6.54 Å². The van der Waals surface area contributed by atoms with Crippen LogP contribution in [0.2, 0.25) is 0 Å². The molecule has 0 spiro atoms. The number of benzene rings is 3. The highest BCUT2D eigenvalue weighted by atomic mass is 32.2. The maximum absolute atomic E-state index is 12.4. The van der Waals surface area contributed by atoms with E-state index in [2.05, 4.69) is 70.2 Å². The average Bonchev–Trinajstić information content (AvgIpc) is 2.87. The van der Waals surface area contributed by atoms with Crippen LogP contribution in [0.4, 0.5) is 0 Å². The van der Waals surface area contributed by atoms with Gasteiger partial charge < -0.3 is 0 Å². The van der Waals surface area contributed by atoms with Crippen molar-refractivity contribution in [2.75, 3.05) is 0 Å². The molecule has 0 heterocycles. The predicted molar refractivity (Wildman–Crippen MR) is 146 cm³/mol. The van der Waals surface area contributed by atoms with Crippen molar-refractivity contribution in [2.24, 2.45) is 0 Å². The molecule has 0 radical (unpaired) electrons. The van der Waals surface area contributed by atoms with Gasteiger partial charge in [-0.15, -0.1) is 0 Å². The van der Waals surface area contributed by atoms with E-state index in [1.165, 1.54) is 17.5 Å². The average molecular weight is 478 g/mol. The summed E-state index contributed by atoms with van der Waals surface area (Å²) in [7, 11) is -3.49. The first kappa shape index (κ1) is 27.6. The van der Waals surface area contributed by atoms with Gasteiger partial charge in [-0.05, 0) is 66.0 Å². The molecule has 3 aromatic rings. The standard InChI is InChI=1S/C19H23NO2S.C11H16/c1-4-15(3)18-10-12-19(13-11-18)23(21,22)20-14-17-8-6-16(5-2)7-9-17;1-4-10(3)11-7-5-9(2)6-8-11/h5-13,15,20H,2,4,14H2,1,3H3;5-8,10H,4H2,1-3H3. The lowest BCUT2D eigenvalue weighted by Gasteiger charge is -2.11. The van der Waals surface area contributed by atoms with E-state index in [0.29, 0.717) is 16.7 Å². The van der Waals surface area contributed by atoms with Crippen LogP contribution < -0.4 is 4.72 Å². The Morgan fingerprint density at radius 1 is 0.794 bits per heavy atom. The Labute approximate surface area is 207 Å². The maximum atomic E-state index is 12.4. The van der Waals surface area contributed by atoms with Crippen molar-refractivity contribution in [2.45, 2.75) is 70.7 Å². The minimum absolute atomic E-state index is 0.271. The van der Waals surface area contributed by atoms with Crippen LogP contribution in [0.1, 0.15) is 80.2 Å². The zero-order valence-corrected chi connectivity index (χ0v) is 22.0. The highest BCUT2D eigenvalue weighted by Crippen LogP contribution is 2.21. The Morgan fingerprint density at radius 2 is 1.26 bits per heavy atom. The number of nitrogens with one attached hydrogen (secondary N) is 1. The molecule has 34 heavy (non-hydrogen) atoms. The van der Waals surface area contributed by atoms with Crippen molar-refractivity contribution >= 4 is 16.1 Å². The van der Waals surface area contributed by atoms with Gasteiger partial charge in [-0.3, -0.25) is 0 Å². The molecule has 3 nitrogen and oxygen atoms in total. The predicted octanol–water partition coefficient (Wildman–Crippen LogP) is 7.83. The van der Waals surface area contributed by atoms with Crippen LogP contribution in [0.15, 0.2) is 84.3 Å². The lowest BCUT2D eigenvalue weighted by atomic mass is 9.98. The van der Waals surface area contributed by atoms with Gasteiger partial charge in [0.2, 0.25) is 10.0 Å². The number of aryl methyl sites for hydroxylation is 1. The topological polar surface area (TPSA) is 46.2 Å². The van der Waals surface area contributed by atoms with Gasteiger partial charge in [-0.25, -0.2) is 13.1 Å². The van der Waals surface area contributed by atoms with Crippen LogP contribution in [0.5, 0.6) is 0 Å². The van der Waals surface area contributed by atoms with Crippen molar-refractivity contribution in [3.8, 4) is 0 Å². The Kier molecular flexibility index (Phi) is 10.7. The summed E-state index contributed by atoms with van der Waals surface area (Å²) in [5.41, 5.74) is 5.88. The lowest BCUT2D eigenvalue weighted by molar-refractivity contribution is 0.581. The van der Waals surface area contributed by atoms with Gasteiger partial charge in [0.25, 0.3) is 0 Å². The van der Waals surface area contributed by atoms with Gasteiger partial charge >= 0.3 is 0 Å². The molecule has 3 aromatic carbocycles. The van der Waals surface area contributed by atoms with Gasteiger partial charge in [0.15, 0.2) is 0 Å². The molecule has 0 aliphatic carbocycles. The van der Waals surface area contributed by atoms with Gasteiger partial charge in [0.05, 0.1) is 4.90 Å². The van der Waals surface area contributed by atoms with Crippen LogP contribution in [0.3, 0.4) is 0 Å². The summed E-state index contributed by atoms with van der Waals surface area (Å²) in [6, 6.07) is 23.6. The Balaban J connectivity index is 0.000000310. The van der Waals surface area contributed by atoms with E-state index in [-0.39, 0.29) is 6.54 Å². The normalized spacial score (nSPS) is 12.9. The summed E-state index contributed by atoms with van der Waals surface area (Å²) in [4.78, 5) is 0.298. The largest absolute Gasteiger partial charge is 0.240 e. The summed E-state index contributed by atoms with van der Waals surface area (Å²) in [6.07, 6.45) is 4.01. The van der Waals surface area contributed by atoms with Gasteiger partial charge in [-0.2, -0.15) is 0 Å². The summed E-state index contributed by atoms with van der Waals surface area (Å²) in [6.45, 7) is 14.8. The van der Waals surface area contributed by atoms with Gasteiger partial charge in [0.1, 0.15) is 0 Å². The number of hydrogen-bond acceptors (Lipinski definition) is 2. The second-order valence-electron chi connectivity index (χ2n) is 8.87. The summed E-state index contributed by atoms with van der Waals surface area (Å²) in [5, 5.41) is 0. The Hall–Kier alpha value is -2.69.